The van der Waals surface area contributed by atoms with Gasteiger partial charge in [-0.2, -0.15) is 11.8 Å². The predicted molar refractivity (Wildman–Crippen MR) is 109 cm³/mol. The Balaban J connectivity index is 1.28. The highest BCUT2D eigenvalue weighted by Gasteiger charge is 2.33. The molecular weight excluding hydrogens is 362 g/mol. The van der Waals surface area contributed by atoms with Crippen LogP contribution in [0.3, 0.4) is 0 Å². The molecule has 3 heterocycles. The topological polar surface area (TPSA) is 54.0 Å². The van der Waals surface area contributed by atoms with Gasteiger partial charge < -0.3 is 19.7 Å². The number of nitrogens with zero attached hydrogens (tertiary/aromatic N) is 2. The molecule has 27 heavy (non-hydrogen) atoms. The summed E-state index contributed by atoms with van der Waals surface area (Å²) in [6.07, 6.45) is 4.79. The van der Waals surface area contributed by atoms with Crippen LogP contribution >= 0.6 is 11.8 Å². The van der Waals surface area contributed by atoms with Gasteiger partial charge in [0.25, 0.3) is 0 Å². The highest BCUT2D eigenvalue weighted by molar-refractivity contribution is 7.99. The molecule has 0 radical (unpaired) electrons. The molecule has 148 valence electrons. The zero-order chi connectivity index (χ0) is 18.6. The van der Waals surface area contributed by atoms with E-state index in [1.54, 1.807) is 0 Å². The highest BCUT2D eigenvalue weighted by atomic mass is 32.2. The van der Waals surface area contributed by atoms with E-state index in [0.717, 1.165) is 43.4 Å². The average Bonchev–Trinajstić information content (AvgIpc) is 3.35. The third kappa shape index (κ3) is 4.29. The number of fused-ring (bicyclic) bond motifs is 1. The molecule has 2 amide bonds. The van der Waals surface area contributed by atoms with Gasteiger partial charge in [0.2, 0.25) is 6.79 Å². The molecule has 1 aromatic carbocycles. The number of nitrogens with one attached hydrogen (secondary N) is 1. The van der Waals surface area contributed by atoms with Crippen molar-refractivity contribution < 1.29 is 14.3 Å². The van der Waals surface area contributed by atoms with Crippen molar-refractivity contribution >= 4 is 23.5 Å². The fourth-order valence-electron chi connectivity index (χ4n) is 4.35. The molecule has 4 rings (SSSR count). The largest absolute Gasteiger partial charge is 0.454 e. The summed E-state index contributed by atoms with van der Waals surface area (Å²) in [6, 6.07) is 6.86. The van der Waals surface area contributed by atoms with E-state index in [0.29, 0.717) is 11.8 Å². The van der Waals surface area contributed by atoms with E-state index < -0.39 is 0 Å². The molecule has 3 aliphatic rings. The smallest absolute Gasteiger partial charge is 0.321 e. The minimum atomic E-state index is -0.0215. The molecule has 3 aliphatic heterocycles. The molecule has 2 fully saturated rings. The van der Waals surface area contributed by atoms with Crippen molar-refractivity contribution in [2.24, 2.45) is 0 Å². The van der Waals surface area contributed by atoms with Crippen molar-refractivity contribution in [1.29, 1.82) is 0 Å². The lowest BCUT2D eigenvalue weighted by Crippen LogP contribution is -2.49. The maximum Gasteiger partial charge on any atom is 0.321 e. The molecule has 0 unspecified atom stereocenters. The Kier molecular flexibility index (Phi) is 5.98. The number of likely N-dealkylation sites (tertiary alicyclic amines) is 2. The Hall–Kier alpha value is -1.60. The molecule has 0 aromatic heterocycles. The van der Waals surface area contributed by atoms with Gasteiger partial charge in [0.15, 0.2) is 11.5 Å². The lowest BCUT2D eigenvalue weighted by molar-refractivity contribution is 0.118. The summed E-state index contributed by atoms with van der Waals surface area (Å²) in [5.41, 5.74) is 0.752. The molecule has 1 N–H and O–H groups in total. The molecule has 0 spiro atoms. The van der Waals surface area contributed by atoms with Crippen LogP contribution in [0.15, 0.2) is 18.2 Å². The van der Waals surface area contributed by atoms with Gasteiger partial charge in [-0.25, -0.2) is 4.79 Å². The zero-order valence-electron chi connectivity index (χ0n) is 16.0. The van der Waals surface area contributed by atoms with Gasteiger partial charge in [-0.15, -0.1) is 0 Å². The van der Waals surface area contributed by atoms with Crippen molar-refractivity contribution in [3.63, 3.8) is 0 Å². The Bertz CT molecular complexity index is 664. The summed E-state index contributed by atoms with van der Waals surface area (Å²) in [7, 11) is 0. The van der Waals surface area contributed by atoms with Crippen LogP contribution in [0.1, 0.15) is 32.6 Å². The van der Waals surface area contributed by atoms with E-state index in [-0.39, 0.29) is 12.8 Å². The van der Waals surface area contributed by atoms with Crippen LogP contribution in [0.5, 0.6) is 11.5 Å². The lowest BCUT2D eigenvalue weighted by Gasteiger charge is -2.39. The lowest BCUT2D eigenvalue weighted by atomic mass is 10.0. The Morgan fingerprint density at radius 1 is 1.19 bits per heavy atom. The van der Waals surface area contributed by atoms with Crippen LogP contribution in [0, 0.1) is 0 Å². The molecule has 6 nitrogen and oxygen atoms in total. The maximum atomic E-state index is 12.6. The van der Waals surface area contributed by atoms with Crippen LogP contribution in [-0.4, -0.2) is 65.8 Å². The van der Waals surface area contributed by atoms with Crippen LogP contribution in [0.4, 0.5) is 10.5 Å². The molecule has 2 saturated heterocycles. The molecule has 0 aliphatic carbocycles. The molecule has 0 bridgehead atoms. The van der Waals surface area contributed by atoms with E-state index in [2.05, 4.69) is 28.9 Å². The number of ether oxygens (including phenoxy) is 2. The van der Waals surface area contributed by atoms with E-state index in [1.165, 1.54) is 30.9 Å². The quantitative estimate of drug-likeness (QED) is 0.831. The number of urea groups is 1. The number of hydrogen-bond donors (Lipinski definition) is 1. The van der Waals surface area contributed by atoms with Gasteiger partial charge in [-0.3, -0.25) is 4.90 Å². The minimum Gasteiger partial charge on any atom is -0.454 e. The van der Waals surface area contributed by atoms with Gasteiger partial charge in [0.05, 0.1) is 0 Å². The molecule has 7 heteroatoms. The van der Waals surface area contributed by atoms with Crippen LogP contribution in [0.25, 0.3) is 0 Å². The third-order valence-electron chi connectivity index (χ3n) is 5.78. The number of carbonyl (C=O) groups excluding carboxylic acids is 1. The van der Waals surface area contributed by atoms with Crippen LogP contribution < -0.4 is 14.8 Å². The molecule has 0 saturated carbocycles. The Morgan fingerprint density at radius 3 is 2.81 bits per heavy atom. The fraction of sp³-hybridized carbons (Fsp3) is 0.650. The average molecular weight is 392 g/mol. The normalized spacial score (nSPS) is 23.0. The number of benzene rings is 1. The third-order valence-corrected chi connectivity index (χ3v) is 6.81. The second-order valence-electron chi connectivity index (χ2n) is 7.41. The molecule has 1 atom stereocenters. The number of carbonyl (C=O) groups is 1. The highest BCUT2D eigenvalue weighted by Crippen LogP contribution is 2.34. The van der Waals surface area contributed by atoms with Gasteiger partial charge in [0, 0.05) is 42.7 Å². The van der Waals surface area contributed by atoms with Gasteiger partial charge in [-0.1, -0.05) is 6.92 Å². The van der Waals surface area contributed by atoms with E-state index in [4.69, 9.17) is 9.47 Å². The second kappa shape index (κ2) is 8.61. The Morgan fingerprint density at radius 2 is 2.00 bits per heavy atom. The van der Waals surface area contributed by atoms with Gasteiger partial charge in [-0.05, 0) is 50.1 Å². The summed E-state index contributed by atoms with van der Waals surface area (Å²) in [6.45, 7) is 5.36. The summed E-state index contributed by atoms with van der Waals surface area (Å²) >= 11 is 2.05. The van der Waals surface area contributed by atoms with Crippen LogP contribution in [-0.2, 0) is 0 Å². The SMILES string of the molecule is CCSC[C@H]1CCCN1C1CCN(C(=O)Nc2ccc3c(c2)OCO3)CC1. The minimum absolute atomic E-state index is 0.0215. The second-order valence-corrected chi connectivity index (χ2v) is 8.73. The van der Waals surface area contributed by atoms with E-state index in [9.17, 15) is 4.79 Å². The van der Waals surface area contributed by atoms with E-state index in [1.807, 2.05) is 23.1 Å². The van der Waals surface area contributed by atoms with Crippen molar-refractivity contribution in [3.05, 3.63) is 18.2 Å². The number of anilines is 1. The Labute approximate surface area is 165 Å². The first-order valence-electron chi connectivity index (χ1n) is 10.0. The van der Waals surface area contributed by atoms with E-state index >= 15 is 0 Å². The summed E-state index contributed by atoms with van der Waals surface area (Å²) in [4.78, 5) is 17.3. The molecule has 1 aromatic rings. The van der Waals surface area contributed by atoms with Crippen molar-refractivity contribution in [3.8, 4) is 11.5 Å². The number of piperidine rings is 1. The van der Waals surface area contributed by atoms with Crippen molar-refractivity contribution in [2.75, 3.05) is 43.2 Å². The predicted octanol–water partition coefficient (Wildman–Crippen LogP) is 3.63. The van der Waals surface area contributed by atoms with Gasteiger partial charge >= 0.3 is 6.03 Å². The van der Waals surface area contributed by atoms with Gasteiger partial charge in [0.1, 0.15) is 0 Å². The first-order valence-corrected chi connectivity index (χ1v) is 11.2. The number of hydrogen-bond acceptors (Lipinski definition) is 5. The maximum absolute atomic E-state index is 12.6. The first kappa shape index (κ1) is 18.7. The standard InChI is InChI=1S/C20H29N3O3S/c1-2-27-13-17-4-3-9-23(17)16-7-10-22(11-8-16)20(24)21-15-5-6-18-19(12-15)26-14-25-18/h5-6,12,16-17H,2-4,7-11,13-14H2,1H3,(H,21,24)/t17-/m1/s1. The fourth-order valence-corrected chi connectivity index (χ4v) is 5.21. The monoisotopic (exact) mass is 391 g/mol. The van der Waals surface area contributed by atoms with Crippen LogP contribution in [0.2, 0.25) is 0 Å². The number of rotatable bonds is 5. The van der Waals surface area contributed by atoms with Crippen molar-refractivity contribution in [2.45, 2.75) is 44.7 Å². The summed E-state index contributed by atoms with van der Waals surface area (Å²) in [5, 5.41) is 3.00. The summed E-state index contributed by atoms with van der Waals surface area (Å²) < 4.78 is 10.7. The number of thioether (sulfide) groups is 1. The summed E-state index contributed by atoms with van der Waals surface area (Å²) in [5.74, 6) is 3.87. The molecular formula is C20H29N3O3S. The van der Waals surface area contributed by atoms with Crippen molar-refractivity contribution in [1.82, 2.24) is 9.80 Å². The first-order chi connectivity index (χ1) is 13.2. The number of amides is 2. The zero-order valence-corrected chi connectivity index (χ0v) is 16.8.